The van der Waals surface area contributed by atoms with Gasteiger partial charge in [-0.05, 0) is 47.7 Å². The maximum absolute atomic E-state index is 12.0. The molecule has 0 aliphatic heterocycles. The Kier molecular flexibility index (Phi) is 6.29. The van der Waals surface area contributed by atoms with Crippen LogP contribution in [0.2, 0.25) is 0 Å². The summed E-state index contributed by atoms with van der Waals surface area (Å²) in [4.78, 5) is 24.8. The molecule has 0 aromatic rings. The molecule has 0 bridgehead atoms. The zero-order valence-corrected chi connectivity index (χ0v) is 12.8. The average molecular weight is 273 g/mol. The molecular formula is C13H27N3O3. The van der Waals surface area contributed by atoms with Crippen molar-refractivity contribution in [1.29, 1.82) is 0 Å². The lowest BCUT2D eigenvalue weighted by molar-refractivity contribution is -0.150. The summed E-state index contributed by atoms with van der Waals surface area (Å²) >= 11 is 0. The van der Waals surface area contributed by atoms with E-state index in [0.29, 0.717) is 6.54 Å². The van der Waals surface area contributed by atoms with Crippen molar-refractivity contribution in [2.75, 3.05) is 27.2 Å². The standard InChI is InChI=1S/C13H27N3O3/c1-12(2,10(17)18)13(3,4)15-11(19)16(6)9-7-8-14-5/h14H,7-9H2,1-6H3,(H,15,19)(H,17,18). The average Bonchev–Trinajstić information content (AvgIpc) is 2.27. The molecule has 0 spiro atoms. The van der Waals surface area contributed by atoms with Gasteiger partial charge in [0.25, 0.3) is 0 Å². The van der Waals surface area contributed by atoms with Gasteiger partial charge in [-0.2, -0.15) is 0 Å². The van der Waals surface area contributed by atoms with Gasteiger partial charge in [0, 0.05) is 13.6 Å². The number of nitrogens with one attached hydrogen (secondary N) is 2. The normalized spacial score (nSPS) is 12.1. The van der Waals surface area contributed by atoms with Crippen LogP contribution in [0.4, 0.5) is 4.79 Å². The van der Waals surface area contributed by atoms with E-state index in [-0.39, 0.29) is 6.03 Å². The lowest BCUT2D eigenvalue weighted by Gasteiger charge is -2.39. The number of carbonyl (C=O) groups excluding carboxylic acids is 1. The predicted octanol–water partition coefficient (Wildman–Crippen LogP) is 1.13. The van der Waals surface area contributed by atoms with Gasteiger partial charge in [-0.3, -0.25) is 4.79 Å². The number of aliphatic carboxylic acids is 1. The number of carboxylic acids is 1. The second-order valence-corrected chi connectivity index (χ2v) is 5.86. The molecule has 0 aromatic heterocycles. The maximum atomic E-state index is 12.0. The zero-order valence-electron chi connectivity index (χ0n) is 12.8. The molecule has 112 valence electrons. The molecule has 0 aliphatic rings. The third-order valence-electron chi connectivity index (χ3n) is 3.78. The van der Waals surface area contributed by atoms with Crippen LogP contribution in [0.15, 0.2) is 0 Å². The van der Waals surface area contributed by atoms with Crippen LogP contribution in [0.1, 0.15) is 34.1 Å². The van der Waals surface area contributed by atoms with Gasteiger partial charge in [0.05, 0.1) is 11.0 Å². The zero-order chi connectivity index (χ0) is 15.3. The van der Waals surface area contributed by atoms with Gasteiger partial charge in [-0.1, -0.05) is 0 Å². The van der Waals surface area contributed by atoms with Gasteiger partial charge in [0.15, 0.2) is 0 Å². The van der Waals surface area contributed by atoms with Gasteiger partial charge in [0.1, 0.15) is 0 Å². The van der Waals surface area contributed by atoms with Crippen molar-refractivity contribution < 1.29 is 14.7 Å². The van der Waals surface area contributed by atoms with Crippen LogP contribution in [0.5, 0.6) is 0 Å². The smallest absolute Gasteiger partial charge is 0.317 e. The molecule has 0 heterocycles. The van der Waals surface area contributed by atoms with Gasteiger partial charge in [0.2, 0.25) is 0 Å². The highest BCUT2D eigenvalue weighted by molar-refractivity contribution is 5.79. The van der Waals surface area contributed by atoms with Gasteiger partial charge >= 0.3 is 12.0 Å². The van der Waals surface area contributed by atoms with Crippen molar-refractivity contribution in [3.05, 3.63) is 0 Å². The van der Waals surface area contributed by atoms with Crippen molar-refractivity contribution in [2.24, 2.45) is 5.41 Å². The molecule has 2 amide bonds. The fraction of sp³-hybridized carbons (Fsp3) is 0.846. The first-order valence-electron chi connectivity index (χ1n) is 6.47. The summed E-state index contributed by atoms with van der Waals surface area (Å²) in [6.45, 7) is 8.12. The first-order valence-corrected chi connectivity index (χ1v) is 6.47. The highest BCUT2D eigenvalue weighted by Gasteiger charge is 2.44. The van der Waals surface area contributed by atoms with Crippen LogP contribution in [-0.4, -0.2) is 54.7 Å². The first-order chi connectivity index (χ1) is 8.56. The second-order valence-electron chi connectivity index (χ2n) is 5.86. The van der Waals surface area contributed by atoms with Gasteiger partial charge in [-0.15, -0.1) is 0 Å². The Hall–Kier alpha value is -1.30. The van der Waals surface area contributed by atoms with Gasteiger partial charge < -0.3 is 20.6 Å². The fourth-order valence-electron chi connectivity index (χ4n) is 1.38. The molecule has 0 unspecified atom stereocenters. The molecular weight excluding hydrogens is 246 g/mol. The quantitative estimate of drug-likeness (QED) is 0.607. The Morgan fingerprint density at radius 2 is 1.74 bits per heavy atom. The van der Waals surface area contributed by atoms with E-state index < -0.39 is 16.9 Å². The molecule has 0 rings (SSSR count). The number of hydrogen-bond donors (Lipinski definition) is 3. The van der Waals surface area contributed by atoms with Crippen LogP contribution in [0.25, 0.3) is 0 Å². The molecule has 0 fully saturated rings. The van der Waals surface area contributed by atoms with Crippen molar-refractivity contribution in [3.63, 3.8) is 0 Å². The van der Waals surface area contributed by atoms with E-state index in [9.17, 15) is 14.7 Å². The van der Waals surface area contributed by atoms with Crippen molar-refractivity contribution in [1.82, 2.24) is 15.5 Å². The van der Waals surface area contributed by atoms with Crippen LogP contribution >= 0.6 is 0 Å². The summed E-state index contributed by atoms with van der Waals surface area (Å²) in [7, 11) is 3.56. The fourth-order valence-corrected chi connectivity index (χ4v) is 1.38. The van der Waals surface area contributed by atoms with Crippen LogP contribution in [-0.2, 0) is 4.79 Å². The van der Waals surface area contributed by atoms with E-state index in [4.69, 9.17) is 0 Å². The Morgan fingerprint density at radius 1 is 1.21 bits per heavy atom. The largest absolute Gasteiger partial charge is 0.481 e. The van der Waals surface area contributed by atoms with Gasteiger partial charge in [-0.25, -0.2) is 4.79 Å². The number of urea groups is 1. The number of carboxylic acid groups (broad SMARTS) is 1. The van der Waals surface area contributed by atoms with Crippen molar-refractivity contribution in [2.45, 2.75) is 39.7 Å². The predicted molar refractivity (Wildman–Crippen MR) is 75.2 cm³/mol. The lowest BCUT2D eigenvalue weighted by Crippen LogP contribution is -2.59. The third kappa shape index (κ3) is 4.70. The molecule has 0 radical (unpaired) electrons. The molecule has 0 saturated heterocycles. The lowest BCUT2D eigenvalue weighted by atomic mass is 9.74. The first kappa shape index (κ1) is 17.7. The van der Waals surface area contributed by atoms with E-state index in [1.165, 1.54) is 0 Å². The summed E-state index contributed by atoms with van der Waals surface area (Å²) in [6.07, 6.45) is 0.850. The van der Waals surface area contributed by atoms with E-state index in [2.05, 4.69) is 10.6 Å². The SMILES string of the molecule is CNCCCN(C)C(=O)NC(C)(C)C(C)(C)C(=O)O. The van der Waals surface area contributed by atoms with E-state index in [0.717, 1.165) is 13.0 Å². The monoisotopic (exact) mass is 273 g/mol. The van der Waals surface area contributed by atoms with Crippen LogP contribution < -0.4 is 10.6 Å². The highest BCUT2D eigenvalue weighted by Crippen LogP contribution is 2.30. The summed E-state index contributed by atoms with van der Waals surface area (Å²) in [5.74, 6) is -0.935. The molecule has 0 aromatic carbocycles. The Bertz CT molecular complexity index is 327. The Morgan fingerprint density at radius 3 is 2.16 bits per heavy atom. The molecule has 0 saturated carbocycles. The van der Waals surface area contributed by atoms with E-state index >= 15 is 0 Å². The summed E-state index contributed by atoms with van der Waals surface area (Å²) in [5.41, 5.74) is -1.89. The number of rotatable bonds is 7. The third-order valence-corrected chi connectivity index (χ3v) is 3.78. The summed E-state index contributed by atoms with van der Waals surface area (Å²) < 4.78 is 0. The highest BCUT2D eigenvalue weighted by atomic mass is 16.4. The van der Waals surface area contributed by atoms with Crippen molar-refractivity contribution >= 4 is 12.0 Å². The number of nitrogens with zero attached hydrogens (tertiary/aromatic N) is 1. The minimum Gasteiger partial charge on any atom is -0.481 e. The van der Waals surface area contributed by atoms with Crippen LogP contribution in [0.3, 0.4) is 0 Å². The molecule has 6 heteroatoms. The molecule has 6 nitrogen and oxygen atoms in total. The minimum absolute atomic E-state index is 0.254. The summed E-state index contributed by atoms with van der Waals surface area (Å²) in [5, 5.41) is 15.0. The molecule has 19 heavy (non-hydrogen) atoms. The molecule has 0 atom stereocenters. The van der Waals surface area contributed by atoms with E-state index in [1.807, 2.05) is 7.05 Å². The number of carbonyl (C=O) groups is 2. The Labute approximate surface area is 115 Å². The topological polar surface area (TPSA) is 81.7 Å². The number of amides is 2. The van der Waals surface area contributed by atoms with Crippen molar-refractivity contribution in [3.8, 4) is 0 Å². The molecule has 3 N–H and O–H groups in total. The van der Waals surface area contributed by atoms with E-state index in [1.54, 1.807) is 39.6 Å². The second kappa shape index (κ2) is 6.75. The molecule has 0 aliphatic carbocycles. The summed E-state index contributed by atoms with van der Waals surface area (Å²) in [6, 6.07) is -0.254. The maximum Gasteiger partial charge on any atom is 0.317 e. The Balaban J connectivity index is 4.57. The number of hydrogen-bond acceptors (Lipinski definition) is 3. The minimum atomic E-state index is -1.05. The van der Waals surface area contributed by atoms with Crippen LogP contribution in [0, 0.1) is 5.41 Å².